The van der Waals surface area contributed by atoms with Crippen molar-refractivity contribution in [1.29, 1.82) is 5.41 Å². The SMILES string of the molecule is CC(=N)C1(CO)CCNCC1.CCCC(CO)CC(C)CC.CCCCCCC. The lowest BCUT2D eigenvalue weighted by molar-refractivity contribution is 0.149. The van der Waals surface area contributed by atoms with E-state index in [0.29, 0.717) is 18.2 Å². The summed E-state index contributed by atoms with van der Waals surface area (Å²) in [6, 6.07) is 0. The summed E-state index contributed by atoms with van der Waals surface area (Å²) in [7, 11) is 0. The Hall–Kier alpha value is -0.450. The Balaban J connectivity index is 0. The lowest BCUT2D eigenvalue weighted by Gasteiger charge is -2.35. The van der Waals surface area contributed by atoms with Gasteiger partial charge in [-0.15, -0.1) is 0 Å². The molecule has 1 aliphatic rings. The fraction of sp³-hybridized carbons (Fsp3) is 0.960. The monoisotopic (exact) mass is 414 g/mol. The van der Waals surface area contributed by atoms with Gasteiger partial charge in [0.15, 0.2) is 0 Å². The molecular weight excluding hydrogens is 360 g/mol. The summed E-state index contributed by atoms with van der Waals surface area (Å²) in [5.41, 5.74) is 0.423. The number of hydrogen-bond acceptors (Lipinski definition) is 4. The Morgan fingerprint density at radius 2 is 1.52 bits per heavy atom. The van der Waals surface area contributed by atoms with Crippen molar-refractivity contribution in [3.05, 3.63) is 0 Å². The van der Waals surface area contributed by atoms with Crippen molar-refractivity contribution >= 4 is 5.71 Å². The van der Waals surface area contributed by atoms with Crippen LogP contribution < -0.4 is 5.32 Å². The van der Waals surface area contributed by atoms with E-state index in [9.17, 15) is 0 Å². The topological polar surface area (TPSA) is 76.3 Å². The zero-order valence-electron chi connectivity index (χ0n) is 20.7. The van der Waals surface area contributed by atoms with Crippen LogP contribution in [0.5, 0.6) is 0 Å². The summed E-state index contributed by atoms with van der Waals surface area (Å²) in [6.45, 7) is 15.3. The Kier molecular flexibility index (Phi) is 22.1. The summed E-state index contributed by atoms with van der Waals surface area (Å²) >= 11 is 0. The van der Waals surface area contributed by atoms with E-state index in [0.717, 1.165) is 31.8 Å². The third-order valence-electron chi connectivity index (χ3n) is 6.25. The summed E-state index contributed by atoms with van der Waals surface area (Å²) in [5.74, 6) is 1.33. The average molecular weight is 415 g/mol. The van der Waals surface area contributed by atoms with E-state index in [1.54, 1.807) is 6.92 Å². The largest absolute Gasteiger partial charge is 0.396 e. The van der Waals surface area contributed by atoms with Crippen LogP contribution in [0.25, 0.3) is 0 Å². The molecule has 0 amide bonds. The molecule has 1 heterocycles. The summed E-state index contributed by atoms with van der Waals surface area (Å²) in [5, 5.41) is 28.9. The molecule has 0 aliphatic carbocycles. The summed E-state index contributed by atoms with van der Waals surface area (Å²) in [6.07, 6.45) is 13.6. The quantitative estimate of drug-likeness (QED) is 0.227. The van der Waals surface area contributed by atoms with Crippen molar-refractivity contribution in [3.63, 3.8) is 0 Å². The van der Waals surface area contributed by atoms with Gasteiger partial charge in [0.2, 0.25) is 0 Å². The molecule has 1 saturated heterocycles. The van der Waals surface area contributed by atoms with Gasteiger partial charge in [-0.25, -0.2) is 0 Å². The maximum Gasteiger partial charge on any atom is 0.0540 e. The van der Waals surface area contributed by atoms with Gasteiger partial charge in [-0.05, 0) is 57.5 Å². The number of piperidine rings is 1. The van der Waals surface area contributed by atoms with Crippen LogP contribution in [0, 0.1) is 22.7 Å². The Morgan fingerprint density at radius 1 is 0.966 bits per heavy atom. The molecule has 4 nitrogen and oxygen atoms in total. The van der Waals surface area contributed by atoms with Crippen LogP contribution in [-0.4, -0.2) is 42.2 Å². The molecule has 29 heavy (non-hydrogen) atoms. The molecule has 0 radical (unpaired) electrons. The number of aliphatic hydroxyl groups excluding tert-OH is 2. The first-order valence-electron chi connectivity index (χ1n) is 12.3. The first-order valence-corrected chi connectivity index (χ1v) is 12.3. The number of nitrogens with one attached hydrogen (secondary N) is 2. The van der Waals surface area contributed by atoms with Crippen LogP contribution >= 0.6 is 0 Å². The van der Waals surface area contributed by atoms with Crippen molar-refractivity contribution in [2.24, 2.45) is 17.3 Å². The summed E-state index contributed by atoms with van der Waals surface area (Å²) < 4.78 is 0. The lowest BCUT2D eigenvalue weighted by Crippen LogP contribution is -2.43. The lowest BCUT2D eigenvalue weighted by atomic mass is 9.76. The Morgan fingerprint density at radius 3 is 1.83 bits per heavy atom. The highest BCUT2D eigenvalue weighted by Crippen LogP contribution is 2.28. The minimum absolute atomic E-state index is 0.129. The second-order valence-corrected chi connectivity index (χ2v) is 8.96. The van der Waals surface area contributed by atoms with Gasteiger partial charge in [-0.2, -0.15) is 0 Å². The maximum atomic E-state index is 9.14. The summed E-state index contributed by atoms with van der Waals surface area (Å²) in [4.78, 5) is 0. The predicted molar refractivity (Wildman–Crippen MR) is 129 cm³/mol. The van der Waals surface area contributed by atoms with Crippen LogP contribution in [0.1, 0.15) is 112 Å². The van der Waals surface area contributed by atoms with Crippen LogP contribution in [-0.2, 0) is 0 Å². The Bertz CT molecular complexity index is 351. The minimum Gasteiger partial charge on any atom is -0.396 e. The molecule has 2 unspecified atom stereocenters. The van der Waals surface area contributed by atoms with Gasteiger partial charge in [0.1, 0.15) is 0 Å². The third-order valence-corrected chi connectivity index (χ3v) is 6.25. The third kappa shape index (κ3) is 16.0. The van der Waals surface area contributed by atoms with Gasteiger partial charge >= 0.3 is 0 Å². The van der Waals surface area contributed by atoms with Gasteiger partial charge in [-0.3, -0.25) is 0 Å². The first kappa shape index (κ1) is 30.7. The van der Waals surface area contributed by atoms with E-state index in [1.165, 1.54) is 57.8 Å². The van der Waals surface area contributed by atoms with Gasteiger partial charge in [0.25, 0.3) is 0 Å². The molecule has 1 fully saturated rings. The second kappa shape index (κ2) is 20.8. The molecule has 4 N–H and O–H groups in total. The molecule has 1 rings (SSSR count). The molecule has 0 aromatic carbocycles. The molecular formula is C25H54N2O2. The molecule has 0 saturated carbocycles. The fourth-order valence-electron chi connectivity index (χ4n) is 3.66. The van der Waals surface area contributed by atoms with E-state index in [2.05, 4.69) is 39.9 Å². The molecule has 1 aliphatic heterocycles. The zero-order valence-corrected chi connectivity index (χ0v) is 20.7. The van der Waals surface area contributed by atoms with E-state index < -0.39 is 0 Å². The molecule has 0 spiro atoms. The number of unbranched alkanes of at least 4 members (excludes halogenated alkanes) is 4. The van der Waals surface area contributed by atoms with Crippen LogP contribution in [0.15, 0.2) is 0 Å². The van der Waals surface area contributed by atoms with Gasteiger partial charge in [0, 0.05) is 17.7 Å². The number of aliphatic hydroxyl groups is 2. The minimum atomic E-state index is -0.203. The van der Waals surface area contributed by atoms with Crippen molar-refractivity contribution in [2.75, 3.05) is 26.3 Å². The van der Waals surface area contributed by atoms with Crippen molar-refractivity contribution in [3.8, 4) is 0 Å². The molecule has 176 valence electrons. The highest BCUT2D eigenvalue weighted by atomic mass is 16.3. The highest BCUT2D eigenvalue weighted by Gasteiger charge is 2.33. The highest BCUT2D eigenvalue weighted by molar-refractivity contribution is 5.85. The van der Waals surface area contributed by atoms with E-state index in [-0.39, 0.29) is 12.0 Å². The molecule has 0 aromatic heterocycles. The maximum absolute atomic E-state index is 9.14. The van der Waals surface area contributed by atoms with Crippen molar-refractivity contribution < 1.29 is 10.2 Å². The van der Waals surface area contributed by atoms with Gasteiger partial charge < -0.3 is 20.9 Å². The molecule has 0 aromatic rings. The fourth-order valence-corrected chi connectivity index (χ4v) is 3.66. The second-order valence-electron chi connectivity index (χ2n) is 8.96. The normalized spacial score (nSPS) is 17.2. The van der Waals surface area contributed by atoms with Crippen LogP contribution in [0.3, 0.4) is 0 Å². The number of rotatable bonds is 12. The smallest absolute Gasteiger partial charge is 0.0540 e. The molecule has 4 heteroatoms. The zero-order chi connectivity index (χ0) is 22.5. The molecule has 2 atom stereocenters. The predicted octanol–water partition coefficient (Wildman–Crippen LogP) is 6.20. The van der Waals surface area contributed by atoms with E-state index >= 15 is 0 Å². The standard InChI is InChI=1S/C10H22O.C8H16N2O.C7H16/c1-4-6-10(8-11)7-9(3)5-2;1-7(9)8(6-11)2-4-10-5-3-8;1-3-5-7-6-4-2/h9-11H,4-8H2,1-3H3;9-11H,2-6H2,1H3;3-7H2,1-2H3. The number of hydrogen-bond donors (Lipinski definition) is 4. The van der Waals surface area contributed by atoms with Crippen LogP contribution in [0.2, 0.25) is 0 Å². The van der Waals surface area contributed by atoms with Gasteiger partial charge in [-0.1, -0.05) is 79.6 Å². The van der Waals surface area contributed by atoms with Crippen LogP contribution in [0.4, 0.5) is 0 Å². The van der Waals surface area contributed by atoms with Gasteiger partial charge in [0.05, 0.1) is 6.61 Å². The van der Waals surface area contributed by atoms with Crippen molar-refractivity contribution in [2.45, 2.75) is 112 Å². The van der Waals surface area contributed by atoms with E-state index in [4.69, 9.17) is 15.6 Å². The first-order chi connectivity index (χ1) is 13.9. The molecule has 0 bridgehead atoms. The Labute approximate surface area is 182 Å². The van der Waals surface area contributed by atoms with E-state index in [1.807, 2.05) is 0 Å². The average Bonchev–Trinajstić information content (AvgIpc) is 2.75. The van der Waals surface area contributed by atoms with Crippen molar-refractivity contribution in [1.82, 2.24) is 5.32 Å².